The number of nitrogens with zero attached hydrogens (tertiary/aromatic N) is 1. The molecular formula is C9H14N4O. The maximum Gasteiger partial charge on any atom is 0.270 e. The van der Waals surface area contributed by atoms with Gasteiger partial charge in [-0.2, -0.15) is 0 Å². The molecule has 5 nitrogen and oxygen atoms in total. The minimum absolute atomic E-state index is 0.108. The molecule has 1 amide bonds. The standard InChI is InChI=1S/C9H14N4O/c1-6(2)12-9(14)8-4-3-7(13-10)5-11-8/h3-6,13H,10H2,1-2H3,(H,12,14). The van der Waals surface area contributed by atoms with Crippen LogP contribution in [0.2, 0.25) is 0 Å². The van der Waals surface area contributed by atoms with Crippen LogP contribution in [0.15, 0.2) is 18.3 Å². The Labute approximate surface area is 82.7 Å². The molecule has 0 spiro atoms. The van der Waals surface area contributed by atoms with Gasteiger partial charge in [0.15, 0.2) is 0 Å². The summed E-state index contributed by atoms with van der Waals surface area (Å²) in [6.45, 7) is 3.79. The van der Waals surface area contributed by atoms with Crippen LogP contribution in [0.25, 0.3) is 0 Å². The summed E-state index contributed by atoms with van der Waals surface area (Å²) >= 11 is 0. The summed E-state index contributed by atoms with van der Waals surface area (Å²) in [6.07, 6.45) is 1.51. The SMILES string of the molecule is CC(C)NC(=O)c1ccc(NN)cn1. The first-order valence-electron chi connectivity index (χ1n) is 4.37. The summed E-state index contributed by atoms with van der Waals surface area (Å²) in [6, 6.07) is 3.42. The smallest absolute Gasteiger partial charge is 0.270 e. The predicted octanol–water partition coefficient (Wildman–Crippen LogP) is 0.505. The molecule has 76 valence electrons. The highest BCUT2D eigenvalue weighted by Crippen LogP contribution is 2.03. The fourth-order valence-electron chi connectivity index (χ4n) is 0.950. The largest absolute Gasteiger partial charge is 0.349 e. The molecule has 14 heavy (non-hydrogen) atoms. The maximum atomic E-state index is 11.4. The number of nitrogens with one attached hydrogen (secondary N) is 2. The average molecular weight is 194 g/mol. The van der Waals surface area contributed by atoms with Crippen LogP contribution in [0.3, 0.4) is 0 Å². The molecule has 0 saturated heterocycles. The molecule has 0 fully saturated rings. The van der Waals surface area contributed by atoms with Gasteiger partial charge in [-0.15, -0.1) is 0 Å². The van der Waals surface area contributed by atoms with Crippen LogP contribution in [0.5, 0.6) is 0 Å². The van der Waals surface area contributed by atoms with E-state index in [0.717, 1.165) is 0 Å². The van der Waals surface area contributed by atoms with E-state index in [1.54, 1.807) is 12.1 Å². The summed E-state index contributed by atoms with van der Waals surface area (Å²) in [5.41, 5.74) is 3.50. The molecule has 1 heterocycles. The van der Waals surface area contributed by atoms with E-state index >= 15 is 0 Å². The fraction of sp³-hybridized carbons (Fsp3) is 0.333. The van der Waals surface area contributed by atoms with Crippen molar-refractivity contribution in [2.75, 3.05) is 5.43 Å². The Morgan fingerprint density at radius 3 is 2.64 bits per heavy atom. The lowest BCUT2D eigenvalue weighted by Gasteiger charge is -2.07. The van der Waals surface area contributed by atoms with Gasteiger partial charge in [0, 0.05) is 6.04 Å². The highest BCUT2D eigenvalue weighted by Gasteiger charge is 2.07. The number of carbonyl (C=O) groups is 1. The lowest BCUT2D eigenvalue weighted by molar-refractivity contribution is 0.0938. The molecule has 0 saturated carbocycles. The third-order valence-corrected chi connectivity index (χ3v) is 1.58. The number of pyridine rings is 1. The van der Waals surface area contributed by atoms with Crippen LogP contribution in [-0.2, 0) is 0 Å². The van der Waals surface area contributed by atoms with E-state index in [4.69, 9.17) is 5.84 Å². The van der Waals surface area contributed by atoms with E-state index in [0.29, 0.717) is 11.4 Å². The molecule has 0 bridgehead atoms. The zero-order valence-electron chi connectivity index (χ0n) is 8.24. The van der Waals surface area contributed by atoms with E-state index in [1.807, 2.05) is 13.8 Å². The highest BCUT2D eigenvalue weighted by atomic mass is 16.1. The quantitative estimate of drug-likeness (QED) is 0.483. The number of rotatable bonds is 3. The van der Waals surface area contributed by atoms with Gasteiger partial charge in [0.1, 0.15) is 5.69 Å². The van der Waals surface area contributed by atoms with Crippen LogP contribution in [-0.4, -0.2) is 16.9 Å². The summed E-state index contributed by atoms with van der Waals surface area (Å²) < 4.78 is 0. The molecule has 1 aromatic rings. The first-order valence-corrected chi connectivity index (χ1v) is 4.37. The Balaban J connectivity index is 2.71. The van der Waals surface area contributed by atoms with Gasteiger partial charge in [-0.3, -0.25) is 10.6 Å². The molecule has 0 aliphatic rings. The van der Waals surface area contributed by atoms with Crippen molar-refractivity contribution in [3.63, 3.8) is 0 Å². The second-order valence-corrected chi connectivity index (χ2v) is 3.20. The molecular weight excluding hydrogens is 180 g/mol. The Hall–Kier alpha value is -1.62. The van der Waals surface area contributed by atoms with Gasteiger partial charge in [-0.1, -0.05) is 0 Å². The number of hydrogen-bond acceptors (Lipinski definition) is 4. The molecule has 0 atom stereocenters. The number of anilines is 1. The first kappa shape index (κ1) is 10.5. The molecule has 1 aromatic heterocycles. The lowest BCUT2D eigenvalue weighted by atomic mass is 10.3. The van der Waals surface area contributed by atoms with Gasteiger partial charge in [0.2, 0.25) is 0 Å². The lowest BCUT2D eigenvalue weighted by Crippen LogP contribution is -2.30. The molecule has 0 aliphatic heterocycles. The van der Waals surface area contributed by atoms with E-state index in [1.165, 1.54) is 6.20 Å². The van der Waals surface area contributed by atoms with Gasteiger partial charge < -0.3 is 10.7 Å². The van der Waals surface area contributed by atoms with Crippen LogP contribution in [0, 0.1) is 0 Å². The minimum atomic E-state index is -0.177. The van der Waals surface area contributed by atoms with Crippen molar-refractivity contribution in [1.29, 1.82) is 0 Å². The van der Waals surface area contributed by atoms with Crippen LogP contribution in [0.1, 0.15) is 24.3 Å². The zero-order valence-corrected chi connectivity index (χ0v) is 8.24. The van der Waals surface area contributed by atoms with Crippen LogP contribution in [0.4, 0.5) is 5.69 Å². The summed E-state index contributed by atoms with van der Waals surface area (Å²) in [4.78, 5) is 15.4. The monoisotopic (exact) mass is 194 g/mol. The van der Waals surface area contributed by atoms with Crippen molar-refractivity contribution in [3.05, 3.63) is 24.0 Å². The Morgan fingerprint density at radius 2 is 2.21 bits per heavy atom. The second kappa shape index (κ2) is 4.57. The topological polar surface area (TPSA) is 80.0 Å². The highest BCUT2D eigenvalue weighted by molar-refractivity contribution is 5.92. The Kier molecular flexibility index (Phi) is 3.41. The molecule has 0 radical (unpaired) electrons. The molecule has 0 unspecified atom stereocenters. The summed E-state index contributed by atoms with van der Waals surface area (Å²) in [7, 11) is 0. The molecule has 5 heteroatoms. The van der Waals surface area contributed by atoms with E-state index < -0.39 is 0 Å². The summed E-state index contributed by atoms with van der Waals surface area (Å²) in [5.74, 6) is 4.99. The molecule has 4 N–H and O–H groups in total. The molecule has 1 rings (SSSR count). The van der Waals surface area contributed by atoms with Crippen molar-refractivity contribution in [2.45, 2.75) is 19.9 Å². The predicted molar refractivity (Wildman–Crippen MR) is 54.6 cm³/mol. The van der Waals surface area contributed by atoms with Crippen molar-refractivity contribution in [1.82, 2.24) is 10.3 Å². The third kappa shape index (κ3) is 2.70. The third-order valence-electron chi connectivity index (χ3n) is 1.58. The summed E-state index contributed by atoms with van der Waals surface area (Å²) in [5, 5.41) is 2.74. The average Bonchev–Trinajstić information content (AvgIpc) is 2.17. The normalized spacial score (nSPS) is 10.0. The second-order valence-electron chi connectivity index (χ2n) is 3.20. The number of nitrogens with two attached hydrogens (primary N) is 1. The molecule has 0 aliphatic carbocycles. The Bertz CT molecular complexity index is 307. The van der Waals surface area contributed by atoms with Crippen molar-refractivity contribution < 1.29 is 4.79 Å². The van der Waals surface area contributed by atoms with Gasteiger partial charge in [-0.05, 0) is 26.0 Å². The van der Waals surface area contributed by atoms with Crippen LogP contribution >= 0.6 is 0 Å². The van der Waals surface area contributed by atoms with Crippen LogP contribution < -0.4 is 16.6 Å². The number of carbonyl (C=O) groups excluding carboxylic acids is 1. The Morgan fingerprint density at radius 1 is 1.50 bits per heavy atom. The fourth-order valence-corrected chi connectivity index (χ4v) is 0.950. The van der Waals surface area contributed by atoms with Gasteiger partial charge in [0.25, 0.3) is 5.91 Å². The minimum Gasteiger partial charge on any atom is -0.349 e. The van der Waals surface area contributed by atoms with E-state index in [2.05, 4.69) is 15.7 Å². The number of hydrogen-bond donors (Lipinski definition) is 3. The first-order chi connectivity index (χ1) is 6.63. The van der Waals surface area contributed by atoms with Crippen molar-refractivity contribution in [3.8, 4) is 0 Å². The van der Waals surface area contributed by atoms with Crippen molar-refractivity contribution in [2.24, 2.45) is 5.84 Å². The number of aromatic nitrogens is 1. The zero-order chi connectivity index (χ0) is 10.6. The van der Waals surface area contributed by atoms with Crippen molar-refractivity contribution >= 4 is 11.6 Å². The number of nitrogen functional groups attached to an aromatic ring is 1. The van der Waals surface area contributed by atoms with Gasteiger partial charge in [-0.25, -0.2) is 4.98 Å². The maximum absolute atomic E-state index is 11.4. The van der Waals surface area contributed by atoms with E-state index in [9.17, 15) is 4.79 Å². The number of amides is 1. The van der Waals surface area contributed by atoms with Gasteiger partial charge >= 0.3 is 0 Å². The number of hydrazine groups is 1. The van der Waals surface area contributed by atoms with Gasteiger partial charge in [0.05, 0.1) is 11.9 Å². The van der Waals surface area contributed by atoms with E-state index in [-0.39, 0.29) is 11.9 Å². The molecule has 0 aromatic carbocycles.